The standard InChI is InChI=1S/C17H19NO3.ClH/c1-21-17(20)15-8-6-14(7-9-15)13-4-2-12(3-5-13)10-16(18)11-19;/h2-9,16,19H,10-11,18H2,1H3;1H. The van der Waals surface area contributed by atoms with Gasteiger partial charge in [-0.2, -0.15) is 0 Å². The molecule has 0 heterocycles. The minimum atomic E-state index is -0.338. The zero-order valence-electron chi connectivity index (χ0n) is 12.4. The number of ether oxygens (including phenoxy) is 1. The van der Waals surface area contributed by atoms with Gasteiger partial charge in [-0.05, 0) is 35.2 Å². The van der Waals surface area contributed by atoms with Crippen molar-refractivity contribution in [3.63, 3.8) is 0 Å². The van der Waals surface area contributed by atoms with Gasteiger partial charge in [0, 0.05) is 6.04 Å². The monoisotopic (exact) mass is 321 g/mol. The fraction of sp³-hybridized carbons (Fsp3) is 0.235. The van der Waals surface area contributed by atoms with Gasteiger partial charge in [0.05, 0.1) is 19.3 Å². The van der Waals surface area contributed by atoms with E-state index >= 15 is 0 Å². The van der Waals surface area contributed by atoms with Gasteiger partial charge in [0.1, 0.15) is 0 Å². The number of aliphatic hydroxyl groups excluding tert-OH is 1. The van der Waals surface area contributed by atoms with E-state index in [1.807, 2.05) is 36.4 Å². The summed E-state index contributed by atoms with van der Waals surface area (Å²) in [5.41, 5.74) is 9.43. The number of halogens is 1. The van der Waals surface area contributed by atoms with Gasteiger partial charge in [-0.3, -0.25) is 0 Å². The van der Waals surface area contributed by atoms with Gasteiger partial charge in [0.2, 0.25) is 0 Å². The minimum Gasteiger partial charge on any atom is -0.465 e. The lowest BCUT2D eigenvalue weighted by Crippen LogP contribution is -2.26. The molecule has 0 saturated carbocycles. The number of methoxy groups -OCH3 is 1. The summed E-state index contributed by atoms with van der Waals surface area (Å²) in [6, 6.07) is 15.1. The molecule has 0 bridgehead atoms. The van der Waals surface area contributed by atoms with Crippen LogP contribution in [0.5, 0.6) is 0 Å². The summed E-state index contributed by atoms with van der Waals surface area (Å²) in [5, 5.41) is 8.96. The van der Waals surface area contributed by atoms with E-state index in [1.54, 1.807) is 12.1 Å². The number of hydrogen-bond donors (Lipinski definition) is 2. The SMILES string of the molecule is COC(=O)c1ccc(-c2ccc(CC(N)CO)cc2)cc1.Cl. The van der Waals surface area contributed by atoms with Crippen LogP contribution in [0.2, 0.25) is 0 Å². The van der Waals surface area contributed by atoms with Crippen molar-refractivity contribution in [3.8, 4) is 11.1 Å². The van der Waals surface area contributed by atoms with Gasteiger partial charge in [0.15, 0.2) is 0 Å². The van der Waals surface area contributed by atoms with Crippen LogP contribution in [0.15, 0.2) is 48.5 Å². The summed E-state index contributed by atoms with van der Waals surface area (Å²) in [6.45, 7) is -0.0171. The third-order valence-electron chi connectivity index (χ3n) is 3.33. The number of nitrogens with two attached hydrogens (primary N) is 1. The molecule has 0 radical (unpaired) electrons. The Hall–Kier alpha value is -1.88. The number of carbonyl (C=O) groups is 1. The molecule has 1 atom stereocenters. The molecule has 0 saturated heterocycles. The third kappa shape index (κ3) is 4.56. The van der Waals surface area contributed by atoms with Crippen molar-refractivity contribution < 1.29 is 14.6 Å². The number of hydrogen-bond acceptors (Lipinski definition) is 4. The Labute approximate surface area is 136 Å². The van der Waals surface area contributed by atoms with Gasteiger partial charge in [-0.1, -0.05) is 36.4 Å². The molecule has 2 aromatic rings. The van der Waals surface area contributed by atoms with Crippen LogP contribution in [0.4, 0.5) is 0 Å². The highest BCUT2D eigenvalue weighted by molar-refractivity contribution is 5.89. The molecule has 3 N–H and O–H groups in total. The number of carbonyl (C=O) groups excluding carboxylic acids is 1. The summed E-state index contributed by atoms with van der Waals surface area (Å²) in [6.07, 6.45) is 0.651. The number of esters is 1. The predicted molar refractivity (Wildman–Crippen MR) is 89.2 cm³/mol. The van der Waals surface area contributed by atoms with E-state index in [1.165, 1.54) is 7.11 Å². The maximum atomic E-state index is 11.4. The zero-order valence-corrected chi connectivity index (χ0v) is 13.2. The lowest BCUT2D eigenvalue weighted by Gasteiger charge is -2.09. The Morgan fingerprint density at radius 3 is 2.05 bits per heavy atom. The lowest BCUT2D eigenvalue weighted by atomic mass is 10.0. The molecule has 2 rings (SSSR count). The number of aliphatic hydroxyl groups is 1. The highest BCUT2D eigenvalue weighted by Gasteiger charge is 2.06. The first kappa shape index (κ1) is 18.2. The van der Waals surface area contributed by atoms with Crippen LogP contribution < -0.4 is 5.73 Å². The van der Waals surface area contributed by atoms with Crippen molar-refractivity contribution in [1.29, 1.82) is 0 Å². The molecule has 22 heavy (non-hydrogen) atoms. The van der Waals surface area contributed by atoms with Crippen molar-refractivity contribution in [2.75, 3.05) is 13.7 Å². The molecule has 5 heteroatoms. The van der Waals surface area contributed by atoms with Crippen LogP contribution in [0.1, 0.15) is 15.9 Å². The van der Waals surface area contributed by atoms with E-state index in [2.05, 4.69) is 4.74 Å². The Morgan fingerprint density at radius 1 is 1.09 bits per heavy atom. The topological polar surface area (TPSA) is 72.5 Å². The van der Waals surface area contributed by atoms with Crippen LogP contribution in [0.3, 0.4) is 0 Å². The molecule has 1 unspecified atom stereocenters. The molecule has 118 valence electrons. The molecule has 0 fully saturated rings. The maximum absolute atomic E-state index is 11.4. The van der Waals surface area contributed by atoms with Crippen molar-refractivity contribution in [2.24, 2.45) is 5.73 Å². The van der Waals surface area contributed by atoms with Crippen molar-refractivity contribution >= 4 is 18.4 Å². The highest BCUT2D eigenvalue weighted by Crippen LogP contribution is 2.21. The van der Waals surface area contributed by atoms with Crippen molar-refractivity contribution in [2.45, 2.75) is 12.5 Å². The zero-order chi connectivity index (χ0) is 15.2. The third-order valence-corrected chi connectivity index (χ3v) is 3.33. The van der Waals surface area contributed by atoms with E-state index in [9.17, 15) is 4.79 Å². The first-order valence-electron chi connectivity index (χ1n) is 6.78. The second kappa shape index (κ2) is 8.54. The van der Waals surface area contributed by atoms with Gasteiger partial charge in [0.25, 0.3) is 0 Å². The summed E-state index contributed by atoms with van der Waals surface area (Å²) in [5.74, 6) is -0.338. The van der Waals surface area contributed by atoms with E-state index in [-0.39, 0.29) is 31.0 Å². The first-order valence-corrected chi connectivity index (χ1v) is 6.78. The fourth-order valence-corrected chi connectivity index (χ4v) is 2.12. The van der Waals surface area contributed by atoms with Crippen LogP contribution in [-0.2, 0) is 11.2 Å². The van der Waals surface area contributed by atoms with Crippen molar-refractivity contribution in [3.05, 3.63) is 59.7 Å². The Morgan fingerprint density at radius 2 is 1.59 bits per heavy atom. The average Bonchev–Trinajstić information content (AvgIpc) is 2.55. The predicted octanol–water partition coefficient (Wildman–Crippen LogP) is 2.42. The normalized spacial score (nSPS) is 11.4. The van der Waals surface area contributed by atoms with Gasteiger partial charge < -0.3 is 15.6 Å². The van der Waals surface area contributed by atoms with E-state index in [4.69, 9.17) is 10.8 Å². The van der Waals surface area contributed by atoms with E-state index in [0.717, 1.165) is 16.7 Å². The van der Waals surface area contributed by atoms with Crippen LogP contribution in [-0.4, -0.2) is 30.8 Å². The molecule has 0 aliphatic carbocycles. The summed E-state index contributed by atoms with van der Waals surface area (Å²) >= 11 is 0. The largest absolute Gasteiger partial charge is 0.465 e. The molecule has 0 spiro atoms. The Balaban J connectivity index is 0.00000242. The Kier molecular flexibility index (Phi) is 7.05. The molecule has 0 aliphatic heterocycles. The Bertz CT molecular complexity index is 596. The molecule has 2 aromatic carbocycles. The molecule has 0 aromatic heterocycles. The average molecular weight is 322 g/mol. The van der Waals surface area contributed by atoms with Gasteiger partial charge in [-0.15, -0.1) is 12.4 Å². The quantitative estimate of drug-likeness (QED) is 0.830. The lowest BCUT2D eigenvalue weighted by molar-refractivity contribution is 0.0601. The number of benzene rings is 2. The van der Waals surface area contributed by atoms with Crippen LogP contribution >= 0.6 is 12.4 Å². The molecule has 4 nitrogen and oxygen atoms in total. The van der Waals surface area contributed by atoms with Crippen LogP contribution in [0.25, 0.3) is 11.1 Å². The summed E-state index contributed by atoms with van der Waals surface area (Å²) in [7, 11) is 1.37. The second-order valence-corrected chi connectivity index (χ2v) is 4.91. The smallest absolute Gasteiger partial charge is 0.337 e. The fourth-order valence-electron chi connectivity index (χ4n) is 2.12. The minimum absolute atomic E-state index is 0. The molecular formula is C17H20ClNO3. The molecular weight excluding hydrogens is 302 g/mol. The summed E-state index contributed by atoms with van der Waals surface area (Å²) in [4.78, 5) is 11.4. The van der Waals surface area contributed by atoms with Crippen LogP contribution in [0, 0.1) is 0 Å². The van der Waals surface area contributed by atoms with Gasteiger partial charge >= 0.3 is 5.97 Å². The van der Waals surface area contributed by atoms with E-state index < -0.39 is 0 Å². The maximum Gasteiger partial charge on any atom is 0.337 e. The second-order valence-electron chi connectivity index (χ2n) is 4.91. The molecule has 0 aliphatic rings. The molecule has 0 amide bonds. The van der Waals surface area contributed by atoms with Gasteiger partial charge in [-0.25, -0.2) is 4.79 Å². The van der Waals surface area contributed by atoms with E-state index in [0.29, 0.717) is 12.0 Å². The van der Waals surface area contributed by atoms with Crippen molar-refractivity contribution in [1.82, 2.24) is 0 Å². The highest BCUT2D eigenvalue weighted by atomic mass is 35.5. The number of rotatable bonds is 5. The first-order chi connectivity index (χ1) is 10.1. The summed E-state index contributed by atoms with van der Waals surface area (Å²) < 4.78 is 4.67.